The third-order valence-electron chi connectivity index (χ3n) is 3.97. The third-order valence-corrected chi connectivity index (χ3v) is 4.88. The van der Waals surface area contributed by atoms with Crippen LogP contribution in [0.4, 0.5) is 5.69 Å². The van der Waals surface area contributed by atoms with Crippen molar-refractivity contribution in [1.29, 1.82) is 0 Å². The van der Waals surface area contributed by atoms with E-state index < -0.39 is 0 Å². The number of amides is 2. The van der Waals surface area contributed by atoms with Gasteiger partial charge in [0.25, 0.3) is 0 Å². The van der Waals surface area contributed by atoms with E-state index in [0.29, 0.717) is 5.92 Å². The quantitative estimate of drug-likeness (QED) is 0.574. The maximum absolute atomic E-state index is 12.4. The fourth-order valence-corrected chi connectivity index (χ4v) is 3.78. The second kappa shape index (κ2) is 4.33. The number of hydrogen-bond donors (Lipinski definition) is 0. The van der Waals surface area contributed by atoms with Crippen LogP contribution in [0.1, 0.15) is 19.8 Å². The summed E-state index contributed by atoms with van der Waals surface area (Å²) in [7, 11) is 0. The number of benzene rings is 1. The van der Waals surface area contributed by atoms with Crippen molar-refractivity contribution >= 4 is 40.1 Å². The Labute approximate surface area is 120 Å². The minimum atomic E-state index is -0.0801. The van der Waals surface area contributed by atoms with Crippen molar-refractivity contribution < 1.29 is 9.59 Å². The first-order valence-corrected chi connectivity index (χ1v) is 7.30. The van der Waals surface area contributed by atoms with E-state index in [1.165, 1.54) is 4.90 Å². The van der Waals surface area contributed by atoms with E-state index >= 15 is 0 Å². The summed E-state index contributed by atoms with van der Waals surface area (Å²) >= 11 is 2.17. The molecule has 1 aliphatic carbocycles. The van der Waals surface area contributed by atoms with Crippen molar-refractivity contribution in [3.05, 3.63) is 27.8 Å². The average Bonchev–Trinajstić information content (AvgIpc) is 2.82. The first kappa shape index (κ1) is 12.1. The van der Waals surface area contributed by atoms with Gasteiger partial charge in [0.15, 0.2) is 0 Å². The highest BCUT2D eigenvalue weighted by Gasteiger charge is 2.52. The molecule has 4 heteroatoms. The number of halogens is 1. The highest BCUT2D eigenvalue weighted by Crippen LogP contribution is 2.44. The standard InChI is InChI=1S/C14H14INO2/c1-8-6-9-10(7-8)14(18)16(13(9)17)12-5-3-2-4-11(12)15/h2-5,8-10H,6-7H2,1H3. The molecule has 3 rings (SSSR count). The van der Waals surface area contributed by atoms with E-state index in [9.17, 15) is 9.59 Å². The second-order valence-corrected chi connectivity index (χ2v) is 6.42. The van der Waals surface area contributed by atoms with E-state index in [0.717, 1.165) is 22.1 Å². The van der Waals surface area contributed by atoms with Crippen molar-refractivity contribution in [1.82, 2.24) is 0 Å². The molecule has 18 heavy (non-hydrogen) atoms. The zero-order valence-corrected chi connectivity index (χ0v) is 12.3. The SMILES string of the molecule is CC1CC2C(=O)N(c3ccccc3I)C(=O)C2C1. The van der Waals surface area contributed by atoms with Crippen LogP contribution in [0, 0.1) is 21.3 Å². The van der Waals surface area contributed by atoms with E-state index in [1.807, 2.05) is 24.3 Å². The van der Waals surface area contributed by atoms with Crippen molar-refractivity contribution in [3.8, 4) is 0 Å². The third kappa shape index (κ3) is 1.69. The molecule has 3 nitrogen and oxygen atoms in total. The molecule has 2 unspecified atom stereocenters. The molecule has 1 aromatic carbocycles. The van der Waals surface area contributed by atoms with Crippen LogP contribution in [0.3, 0.4) is 0 Å². The summed E-state index contributed by atoms with van der Waals surface area (Å²) in [4.78, 5) is 26.2. The summed E-state index contributed by atoms with van der Waals surface area (Å²) < 4.78 is 0.949. The summed E-state index contributed by atoms with van der Waals surface area (Å²) in [6, 6.07) is 7.56. The number of anilines is 1. The first-order valence-electron chi connectivity index (χ1n) is 6.22. The topological polar surface area (TPSA) is 37.4 Å². The van der Waals surface area contributed by atoms with Crippen LogP contribution in [0.2, 0.25) is 0 Å². The highest BCUT2D eigenvalue weighted by atomic mass is 127. The Kier molecular flexibility index (Phi) is 2.92. The minimum Gasteiger partial charge on any atom is -0.274 e. The van der Waals surface area contributed by atoms with E-state index in [1.54, 1.807) is 0 Å². The van der Waals surface area contributed by atoms with Crippen LogP contribution in [-0.2, 0) is 9.59 Å². The van der Waals surface area contributed by atoms with Gasteiger partial charge in [0.05, 0.1) is 17.5 Å². The molecule has 0 radical (unpaired) electrons. The molecule has 1 aromatic rings. The van der Waals surface area contributed by atoms with Crippen molar-refractivity contribution in [2.24, 2.45) is 17.8 Å². The lowest BCUT2D eigenvalue weighted by Crippen LogP contribution is -2.32. The van der Waals surface area contributed by atoms with Crippen molar-refractivity contribution in [3.63, 3.8) is 0 Å². The molecule has 1 saturated carbocycles. The number of para-hydroxylation sites is 1. The van der Waals surface area contributed by atoms with Gasteiger partial charge < -0.3 is 0 Å². The number of carbonyl (C=O) groups is 2. The molecular formula is C14H14INO2. The van der Waals surface area contributed by atoms with Gasteiger partial charge in [-0.3, -0.25) is 9.59 Å². The Morgan fingerprint density at radius 1 is 1.11 bits per heavy atom. The van der Waals surface area contributed by atoms with Crippen LogP contribution in [0.15, 0.2) is 24.3 Å². The predicted molar refractivity (Wildman–Crippen MR) is 77.0 cm³/mol. The molecular weight excluding hydrogens is 341 g/mol. The van der Waals surface area contributed by atoms with Gasteiger partial charge in [-0.05, 0) is 53.5 Å². The summed E-state index contributed by atoms with van der Waals surface area (Å²) in [5.74, 6) is 0.328. The molecule has 2 amide bonds. The van der Waals surface area contributed by atoms with Gasteiger partial charge >= 0.3 is 0 Å². The Morgan fingerprint density at radius 2 is 1.67 bits per heavy atom. The van der Waals surface area contributed by atoms with Crippen LogP contribution in [0.5, 0.6) is 0 Å². The normalized spacial score (nSPS) is 31.0. The van der Waals surface area contributed by atoms with Crippen LogP contribution in [0.25, 0.3) is 0 Å². The molecule has 0 bridgehead atoms. The Bertz CT molecular complexity index is 504. The monoisotopic (exact) mass is 355 g/mol. The summed E-state index contributed by atoms with van der Waals surface area (Å²) in [5.41, 5.74) is 0.746. The second-order valence-electron chi connectivity index (χ2n) is 5.25. The predicted octanol–water partition coefficient (Wildman–Crippen LogP) is 2.83. The van der Waals surface area contributed by atoms with Crippen LogP contribution >= 0.6 is 22.6 Å². The smallest absolute Gasteiger partial charge is 0.237 e. The van der Waals surface area contributed by atoms with Gasteiger partial charge in [-0.2, -0.15) is 0 Å². The summed E-state index contributed by atoms with van der Waals surface area (Å²) in [6.45, 7) is 2.12. The maximum atomic E-state index is 12.4. The van der Waals surface area contributed by atoms with Gasteiger partial charge in [0, 0.05) is 3.57 Å². The molecule has 0 spiro atoms. The molecule has 0 N–H and O–H groups in total. The van der Waals surface area contributed by atoms with E-state index in [4.69, 9.17) is 0 Å². The van der Waals surface area contributed by atoms with Gasteiger partial charge in [-0.1, -0.05) is 19.1 Å². The largest absolute Gasteiger partial charge is 0.274 e. The summed E-state index contributed by atoms with van der Waals surface area (Å²) in [5, 5.41) is 0. The fraction of sp³-hybridized carbons (Fsp3) is 0.429. The molecule has 0 aromatic heterocycles. The number of imide groups is 1. The zero-order valence-electron chi connectivity index (χ0n) is 10.1. The van der Waals surface area contributed by atoms with Crippen molar-refractivity contribution in [2.45, 2.75) is 19.8 Å². The lowest BCUT2D eigenvalue weighted by Gasteiger charge is -2.18. The molecule has 1 aliphatic heterocycles. The number of fused-ring (bicyclic) bond motifs is 1. The molecule has 2 atom stereocenters. The molecule has 1 saturated heterocycles. The number of nitrogens with zero attached hydrogens (tertiary/aromatic N) is 1. The molecule has 2 fully saturated rings. The number of carbonyl (C=O) groups excluding carboxylic acids is 2. The minimum absolute atomic E-state index is 0.00142. The number of hydrogen-bond acceptors (Lipinski definition) is 2. The first-order chi connectivity index (χ1) is 8.59. The van der Waals surface area contributed by atoms with Crippen LogP contribution in [-0.4, -0.2) is 11.8 Å². The fourth-order valence-electron chi connectivity index (χ4n) is 3.15. The lowest BCUT2D eigenvalue weighted by atomic mass is 10.00. The highest BCUT2D eigenvalue weighted by molar-refractivity contribution is 14.1. The molecule has 2 aliphatic rings. The lowest BCUT2D eigenvalue weighted by molar-refractivity contribution is -0.123. The molecule has 94 valence electrons. The van der Waals surface area contributed by atoms with E-state index in [-0.39, 0.29) is 23.7 Å². The van der Waals surface area contributed by atoms with Gasteiger partial charge in [0.2, 0.25) is 11.8 Å². The van der Waals surface area contributed by atoms with E-state index in [2.05, 4.69) is 29.5 Å². The number of rotatable bonds is 1. The average molecular weight is 355 g/mol. The maximum Gasteiger partial charge on any atom is 0.237 e. The Balaban J connectivity index is 1.99. The van der Waals surface area contributed by atoms with Crippen molar-refractivity contribution in [2.75, 3.05) is 4.90 Å². The van der Waals surface area contributed by atoms with Crippen LogP contribution < -0.4 is 4.90 Å². The molecule has 1 heterocycles. The van der Waals surface area contributed by atoms with Gasteiger partial charge in [0.1, 0.15) is 0 Å². The van der Waals surface area contributed by atoms with Gasteiger partial charge in [-0.15, -0.1) is 0 Å². The Hall–Kier alpha value is -0.910. The van der Waals surface area contributed by atoms with Gasteiger partial charge in [-0.25, -0.2) is 4.90 Å². The summed E-state index contributed by atoms with van der Waals surface area (Å²) in [6.07, 6.45) is 1.71. The Morgan fingerprint density at radius 3 is 2.22 bits per heavy atom. The zero-order chi connectivity index (χ0) is 12.9.